The van der Waals surface area contributed by atoms with E-state index in [4.69, 9.17) is 10.7 Å². The van der Waals surface area contributed by atoms with E-state index >= 15 is 0 Å². The fourth-order valence-corrected chi connectivity index (χ4v) is 4.76. The Hall–Kier alpha value is -3.33. The smallest absolute Gasteiger partial charge is 0.318 e. The van der Waals surface area contributed by atoms with Crippen LogP contribution in [0, 0.1) is 23.0 Å². The average Bonchev–Trinajstić information content (AvgIpc) is 3.65. The molecule has 9 heteroatoms. The van der Waals surface area contributed by atoms with Crippen LogP contribution in [0.25, 0.3) is 11.3 Å². The lowest BCUT2D eigenvalue weighted by atomic mass is 9.84. The molecule has 0 bridgehead atoms. The number of nitrogens with two attached hydrogens (primary N) is 1. The Morgan fingerprint density at radius 2 is 1.90 bits per heavy atom. The molecule has 1 saturated carbocycles. The van der Waals surface area contributed by atoms with Gasteiger partial charge in [0.15, 0.2) is 0 Å². The van der Waals surface area contributed by atoms with Crippen molar-refractivity contribution in [2.24, 2.45) is 17.1 Å². The van der Waals surface area contributed by atoms with E-state index in [1.807, 2.05) is 55.7 Å². The lowest BCUT2D eigenvalue weighted by Crippen LogP contribution is -2.49. The van der Waals surface area contributed by atoms with Crippen LogP contribution in [0.2, 0.25) is 0 Å². The highest BCUT2D eigenvalue weighted by atomic mass is 19.1. The van der Waals surface area contributed by atoms with Crippen molar-refractivity contribution >= 4 is 6.03 Å². The number of carbonyl (C=O) groups is 1. The van der Waals surface area contributed by atoms with Gasteiger partial charge in [-0.1, -0.05) is 51.1 Å². The van der Waals surface area contributed by atoms with Crippen molar-refractivity contribution in [2.75, 3.05) is 19.8 Å². The van der Waals surface area contributed by atoms with Crippen LogP contribution in [0.15, 0.2) is 54.7 Å². The number of nitrogens with one attached hydrogen (secondary N) is 1. The highest BCUT2D eigenvalue weighted by Gasteiger charge is 2.39. The minimum atomic E-state index is -0.703. The fraction of sp³-hybridized carbons (Fsp3) is 0.467. The van der Waals surface area contributed by atoms with Crippen LogP contribution in [0.4, 0.5) is 18.0 Å². The van der Waals surface area contributed by atoms with Gasteiger partial charge in [0, 0.05) is 37.4 Å². The summed E-state index contributed by atoms with van der Waals surface area (Å²) in [6, 6.07) is 11.4. The van der Waals surface area contributed by atoms with Crippen LogP contribution in [0.3, 0.4) is 0 Å². The number of rotatable bonds is 11. The zero-order chi connectivity index (χ0) is 28.2. The van der Waals surface area contributed by atoms with Crippen molar-refractivity contribution in [3.05, 3.63) is 77.8 Å². The number of hydrogen-bond donors (Lipinski definition) is 2. The number of nitrogens with zero attached hydrogens (tertiary/aromatic N) is 3. The van der Waals surface area contributed by atoms with Crippen molar-refractivity contribution in [1.29, 1.82) is 0 Å². The lowest BCUT2D eigenvalue weighted by Gasteiger charge is -2.40. The number of carbonyl (C=O) groups excluding carboxylic acids is 1. The molecule has 0 saturated heterocycles. The predicted molar refractivity (Wildman–Crippen MR) is 147 cm³/mol. The van der Waals surface area contributed by atoms with Crippen molar-refractivity contribution in [3.8, 4) is 11.3 Å². The first-order valence-corrected chi connectivity index (χ1v) is 13.5. The van der Waals surface area contributed by atoms with Gasteiger partial charge in [-0.2, -0.15) is 0 Å². The number of aromatic nitrogens is 2. The summed E-state index contributed by atoms with van der Waals surface area (Å²) in [4.78, 5) is 20.1. The SMILES string of the molecule is CC(C)(C)[C@H](c1nc(-c2cc(F)ccc2F)cn1Cc1ccccc1)N(CCC(N)CF)C(=O)NCC1CC1. The molecule has 1 aliphatic rings. The number of imidazole rings is 1. The van der Waals surface area contributed by atoms with Gasteiger partial charge in [-0.25, -0.2) is 22.9 Å². The van der Waals surface area contributed by atoms with Gasteiger partial charge in [0.25, 0.3) is 0 Å². The van der Waals surface area contributed by atoms with E-state index in [0.717, 1.165) is 36.6 Å². The highest BCUT2D eigenvalue weighted by molar-refractivity contribution is 5.75. The molecular formula is C30H38F3N5O. The summed E-state index contributed by atoms with van der Waals surface area (Å²) >= 11 is 0. The van der Waals surface area contributed by atoms with Crippen molar-refractivity contribution in [3.63, 3.8) is 0 Å². The molecular weight excluding hydrogens is 503 g/mol. The maximum Gasteiger partial charge on any atom is 0.318 e. The molecule has 1 aliphatic carbocycles. The molecule has 3 N–H and O–H groups in total. The first-order valence-electron chi connectivity index (χ1n) is 13.5. The monoisotopic (exact) mass is 541 g/mol. The van der Waals surface area contributed by atoms with Crippen molar-refractivity contribution in [2.45, 2.75) is 58.7 Å². The zero-order valence-corrected chi connectivity index (χ0v) is 22.8. The summed E-state index contributed by atoms with van der Waals surface area (Å²) in [5, 5.41) is 3.04. The molecule has 2 atom stereocenters. The van der Waals surface area contributed by atoms with Crippen molar-refractivity contribution < 1.29 is 18.0 Å². The van der Waals surface area contributed by atoms with Gasteiger partial charge in [-0.05, 0) is 54.4 Å². The summed E-state index contributed by atoms with van der Waals surface area (Å²) in [6.45, 7) is 6.50. The molecule has 3 aromatic rings. The van der Waals surface area contributed by atoms with Gasteiger partial charge >= 0.3 is 6.03 Å². The third-order valence-corrected chi connectivity index (χ3v) is 7.02. The van der Waals surface area contributed by atoms with Crippen LogP contribution in [-0.4, -0.2) is 46.3 Å². The maximum atomic E-state index is 14.8. The number of hydrogen-bond acceptors (Lipinski definition) is 3. The number of urea groups is 1. The molecule has 0 aliphatic heterocycles. The molecule has 6 nitrogen and oxygen atoms in total. The number of alkyl halides is 1. The molecule has 4 rings (SSSR count). The molecule has 0 radical (unpaired) electrons. The Kier molecular flexibility index (Phi) is 9.00. The second-order valence-corrected chi connectivity index (χ2v) is 11.5. The van der Waals surface area contributed by atoms with E-state index in [2.05, 4.69) is 5.32 Å². The number of halogens is 3. The Morgan fingerprint density at radius 3 is 2.54 bits per heavy atom. The molecule has 210 valence electrons. The Balaban J connectivity index is 1.81. The van der Waals surface area contributed by atoms with Crippen molar-refractivity contribution in [1.82, 2.24) is 19.8 Å². The summed E-state index contributed by atoms with van der Waals surface area (Å²) in [5.41, 5.74) is 6.69. The van der Waals surface area contributed by atoms with E-state index in [0.29, 0.717) is 24.8 Å². The van der Waals surface area contributed by atoms with Crippen LogP contribution >= 0.6 is 0 Å². The molecule has 39 heavy (non-hydrogen) atoms. The van der Waals surface area contributed by atoms with Gasteiger partial charge in [-0.3, -0.25) is 0 Å². The van der Waals surface area contributed by atoms with Gasteiger partial charge in [0.2, 0.25) is 0 Å². The van der Waals surface area contributed by atoms with E-state index in [1.165, 1.54) is 0 Å². The molecule has 1 heterocycles. The summed E-state index contributed by atoms with van der Waals surface area (Å²) in [7, 11) is 0. The molecule has 1 unspecified atom stereocenters. The maximum absolute atomic E-state index is 14.8. The molecule has 1 aromatic heterocycles. The average molecular weight is 542 g/mol. The van der Waals surface area contributed by atoms with E-state index in [-0.39, 0.29) is 30.3 Å². The number of benzene rings is 2. The van der Waals surface area contributed by atoms with Crippen LogP contribution < -0.4 is 11.1 Å². The lowest BCUT2D eigenvalue weighted by molar-refractivity contribution is 0.105. The van der Waals surface area contributed by atoms with Gasteiger partial charge in [0.1, 0.15) is 24.1 Å². The molecule has 0 spiro atoms. The quantitative estimate of drug-likeness (QED) is 0.309. The first kappa shape index (κ1) is 28.7. The molecule has 2 amide bonds. The van der Waals surface area contributed by atoms with Gasteiger partial charge in [-0.15, -0.1) is 0 Å². The largest absolute Gasteiger partial charge is 0.338 e. The first-order chi connectivity index (χ1) is 18.6. The second-order valence-electron chi connectivity index (χ2n) is 11.5. The van der Waals surface area contributed by atoms with Crippen LogP contribution in [0.1, 0.15) is 57.5 Å². The summed E-state index contributed by atoms with van der Waals surface area (Å²) in [6.07, 6.45) is 4.14. The highest BCUT2D eigenvalue weighted by Crippen LogP contribution is 2.40. The Labute approximate surface area is 228 Å². The van der Waals surface area contributed by atoms with E-state index in [9.17, 15) is 18.0 Å². The topological polar surface area (TPSA) is 76.2 Å². The number of amides is 2. The Morgan fingerprint density at radius 1 is 1.18 bits per heavy atom. The van der Waals surface area contributed by atoms with E-state index in [1.54, 1.807) is 11.1 Å². The zero-order valence-electron chi connectivity index (χ0n) is 22.8. The van der Waals surface area contributed by atoms with Gasteiger partial charge < -0.3 is 20.5 Å². The Bertz CT molecular complexity index is 1250. The minimum Gasteiger partial charge on any atom is -0.338 e. The third kappa shape index (κ3) is 7.41. The fourth-order valence-electron chi connectivity index (χ4n) is 4.76. The summed E-state index contributed by atoms with van der Waals surface area (Å²) < 4.78 is 44.2. The standard InChI is InChI=1S/C30H38F3N5O/c1-30(2,3)27(38(14-13-23(34)16-31)29(39)35-17-20-9-10-20)28-36-26(24-15-22(32)11-12-25(24)33)19-37(28)18-21-7-5-4-6-8-21/h4-8,11-12,15,19-20,23,27H,9-10,13-14,16-18,34H2,1-3H3,(H,35,39)/t23?,27-/m0/s1. The minimum absolute atomic E-state index is 0.0416. The van der Waals surface area contributed by atoms with E-state index < -0.39 is 35.8 Å². The second kappa shape index (κ2) is 12.2. The normalized spacial score (nSPS) is 15.2. The predicted octanol–water partition coefficient (Wildman–Crippen LogP) is 6.07. The van der Waals surface area contributed by atoms with Crippen LogP contribution in [-0.2, 0) is 6.54 Å². The van der Waals surface area contributed by atoms with Gasteiger partial charge in [0.05, 0.1) is 11.7 Å². The molecule has 1 fully saturated rings. The van der Waals surface area contributed by atoms with Crippen LogP contribution in [0.5, 0.6) is 0 Å². The molecule has 2 aromatic carbocycles. The summed E-state index contributed by atoms with van der Waals surface area (Å²) in [5.74, 6) is -0.160. The third-order valence-electron chi connectivity index (χ3n) is 7.02.